The number of hydrogen-bond donors (Lipinski definition) is 1. The molecule has 0 bridgehead atoms. The van der Waals surface area contributed by atoms with Crippen LogP contribution in [0, 0.1) is 5.41 Å². The first-order chi connectivity index (χ1) is 9.49. The highest BCUT2D eigenvalue weighted by Gasteiger charge is 2.46. The number of rotatable bonds is 2. The number of carbonyl (C=O) groups is 1. The highest BCUT2D eigenvalue weighted by Crippen LogP contribution is 2.39. The second-order valence-electron chi connectivity index (χ2n) is 6.42. The Morgan fingerprint density at radius 2 is 2.25 bits per heavy atom. The topological polar surface area (TPSA) is 48.5 Å². The second kappa shape index (κ2) is 4.74. The molecule has 1 aromatic heterocycles. The minimum absolute atomic E-state index is 0.190. The molecule has 5 heteroatoms. The molecular weight excluding hydrogens is 252 g/mol. The molecule has 1 aromatic rings. The largest absolute Gasteiger partial charge is 0.352 e. The lowest BCUT2D eigenvalue weighted by Gasteiger charge is -2.46. The predicted molar refractivity (Wildman–Crippen MR) is 80.0 cm³/mol. The Labute approximate surface area is 120 Å². The first-order valence-corrected chi connectivity index (χ1v) is 7.24. The van der Waals surface area contributed by atoms with E-state index < -0.39 is 0 Å². The minimum Gasteiger partial charge on any atom is -0.352 e. The van der Waals surface area contributed by atoms with E-state index in [4.69, 9.17) is 0 Å². The van der Waals surface area contributed by atoms with Gasteiger partial charge in [0.2, 0.25) is 5.91 Å². The van der Waals surface area contributed by atoms with Gasteiger partial charge in [0, 0.05) is 38.4 Å². The number of aromatic nitrogens is 1. The van der Waals surface area contributed by atoms with Crippen molar-refractivity contribution < 1.29 is 4.79 Å². The van der Waals surface area contributed by atoms with Gasteiger partial charge >= 0.3 is 0 Å². The molecule has 0 spiro atoms. The molecular formula is C15H22N4O. The van der Waals surface area contributed by atoms with Crippen molar-refractivity contribution in [3.63, 3.8) is 0 Å². The van der Waals surface area contributed by atoms with Crippen molar-refractivity contribution in [3.8, 4) is 0 Å². The minimum atomic E-state index is -0.232. The number of pyridine rings is 1. The van der Waals surface area contributed by atoms with E-state index in [1.54, 1.807) is 6.20 Å². The van der Waals surface area contributed by atoms with Gasteiger partial charge in [-0.15, -0.1) is 0 Å². The van der Waals surface area contributed by atoms with Crippen LogP contribution in [0.4, 0.5) is 11.5 Å². The van der Waals surface area contributed by atoms with Gasteiger partial charge in [0.25, 0.3) is 0 Å². The zero-order valence-corrected chi connectivity index (χ0v) is 12.4. The molecule has 0 radical (unpaired) electrons. The zero-order valence-electron chi connectivity index (χ0n) is 12.4. The molecule has 5 nitrogen and oxygen atoms in total. The molecule has 1 amide bonds. The number of carbonyl (C=O) groups excluding carboxylic acids is 1. The van der Waals surface area contributed by atoms with Gasteiger partial charge in [-0.2, -0.15) is 0 Å². The van der Waals surface area contributed by atoms with E-state index in [1.165, 1.54) is 0 Å². The molecule has 2 saturated heterocycles. The fraction of sp³-hybridized carbons (Fsp3) is 0.600. The number of nitrogens with one attached hydrogen (secondary N) is 1. The van der Waals surface area contributed by atoms with E-state index >= 15 is 0 Å². The van der Waals surface area contributed by atoms with E-state index in [0.29, 0.717) is 6.04 Å². The highest BCUT2D eigenvalue weighted by molar-refractivity contribution is 6.05. The van der Waals surface area contributed by atoms with Gasteiger partial charge in [-0.05, 0) is 32.9 Å². The van der Waals surface area contributed by atoms with Gasteiger partial charge < -0.3 is 15.1 Å². The van der Waals surface area contributed by atoms with E-state index in [2.05, 4.69) is 22.1 Å². The van der Waals surface area contributed by atoms with E-state index in [0.717, 1.165) is 37.7 Å². The number of β-lactam (4-membered cyclic amide) rings is 1. The SMILES string of the molecule is C[C@@H]1CN(c2ncccc2N2CC(C)(C)C2=O)CCN1. The summed E-state index contributed by atoms with van der Waals surface area (Å²) in [7, 11) is 0. The molecule has 2 fully saturated rings. The molecule has 3 heterocycles. The van der Waals surface area contributed by atoms with Gasteiger partial charge in [0.15, 0.2) is 5.82 Å². The van der Waals surface area contributed by atoms with Gasteiger partial charge in [0.05, 0.1) is 11.1 Å². The summed E-state index contributed by atoms with van der Waals surface area (Å²) in [4.78, 5) is 20.9. The molecule has 0 aliphatic carbocycles. The Kier molecular flexibility index (Phi) is 3.17. The normalized spacial score (nSPS) is 25.6. The summed E-state index contributed by atoms with van der Waals surface area (Å²) in [6, 6.07) is 4.35. The highest BCUT2D eigenvalue weighted by atomic mass is 16.2. The maximum Gasteiger partial charge on any atom is 0.234 e. The lowest BCUT2D eigenvalue weighted by molar-refractivity contribution is -0.132. The summed E-state index contributed by atoms with van der Waals surface area (Å²) >= 11 is 0. The number of piperazine rings is 1. The van der Waals surface area contributed by atoms with Crippen molar-refractivity contribution >= 4 is 17.4 Å². The average Bonchev–Trinajstić information content (AvgIpc) is 2.45. The average molecular weight is 274 g/mol. The van der Waals surface area contributed by atoms with Gasteiger partial charge in [-0.1, -0.05) is 0 Å². The maximum atomic E-state index is 12.3. The Morgan fingerprint density at radius 3 is 2.90 bits per heavy atom. The lowest BCUT2D eigenvalue weighted by atomic mass is 9.83. The first kappa shape index (κ1) is 13.4. The lowest BCUT2D eigenvalue weighted by Crippen LogP contribution is -2.59. The molecule has 2 aliphatic rings. The van der Waals surface area contributed by atoms with E-state index in [9.17, 15) is 4.79 Å². The Bertz CT molecular complexity index is 528. The van der Waals surface area contributed by atoms with Crippen LogP contribution in [0.25, 0.3) is 0 Å². The van der Waals surface area contributed by atoms with Crippen molar-refractivity contribution in [1.29, 1.82) is 0 Å². The molecule has 2 aliphatic heterocycles. The van der Waals surface area contributed by atoms with Crippen molar-refractivity contribution in [2.24, 2.45) is 5.41 Å². The van der Waals surface area contributed by atoms with Crippen LogP contribution in [0.15, 0.2) is 18.3 Å². The molecule has 20 heavy (non-hydrogen) atoms. The summed E-state index contributed by atoms with van der Waals surface area (Å²) in [5.74, 6) is 1.12. The third kappa shape index (κ3) is 2.16. The summed E-state index contributed by atoms with van der Waals surface area (Å²) in [5.41, 5.74) is 0.718. The summed E-state index contributed by atoms with van der Waals surface area (Å²) < 4.78 is 0. The van der Waals surface area contributed by atoms with Gasteiger partial charge in [-0.25, -0.2) is 4.98 Å². The zero-order chi connectivity index (χ0) is 14.3. The van der Waals surface area contributed by atoms with Gasteiger partial charge in [-0.3, -0.25) is 4.79 Å². The first-order valence-electron chi connectivity index (χ1n) is 7.24. The van der Waals surface area contributed by atoms with Crippen molar-refractivity contribution in [2.75, 3.05) is 36.0 Å². The second-order valence-corrected chi connectivity index (χ2v) is 6.42. The quantitative estimate of drug-likeness (QED) is 0.825. The van der Waals surface area contributed by atoms with Crippen LogP contribution in [0.5, 0.6) is 0 Å². The van der Waals surface area contributed by atoms with Crippen LogP contribution in [-0.2, 0) is 4.79 Å². The number of anilines is 2. The molecule has 1 N–H and O–H groups in total. The third-order valence-corrected chi connectivity index (χ3v) is 4.10. The van der Waals surface area contributed by atoms with Crippen LogP contribution in [0.3, 0.4) is 0 Å². The maximum absolute atomic E-state index is 12.3. The number of nitrogens with zero attached hydrogens (tertiary/aromatic N) is 3. The third-order valence-electron chi connectivity index (χ3n) is 4.10. The fourth-order valence-corrected chi connectivity index (χ4v) is 2.97. The summed E-state index contributed by atoms with van der Waals surface area (Å²) in [5, 5.41) is 3.43. The summed E-state index contributed by atoms with van der Waals surface area (Å²) in [6.07, 6.45) is 1.81. The van der Waals surface area contributed by atoms with Crippen LogP contribution in [-0.4, -0.2) is 43.1 Å². The molecule has 3 rings (SSSR count). The fourth-order valence-electron chi connectivity index (χ4n) is 2.97. The van der Waals surface area contributed by atoms with Crippen LogP contribution < -0.4 is 15.1 Å². The molecule has 0 unspecified atom stereocenters. The smallest absolute Gasteiger partial charge is 0.234 e. The van der Waals surface area contributed by atoms with Crippen molar-refractivity contribution in [2.45, 2.75) is 26.8 Å². The number of hydrogen-bond acceptors (Lipinski definition) is 4. The van der Waals surface area contributed by atoms with Crippen LogP contribution in [0.1, 0.15) is 20.8 Å². The van der Waals surface area contributed by atoms with Crippen molar-refractivity contribution in [1.82, 2.24) is 10.3 Å². The molecule has 0 aromatic carbocycles. The monoisotopic (exact) mass is 274 g/mol. The Balaban J connectivity index is 1.88. The van der Waals surface area contributed by atoms with Crippen molar-refractivity contribution in [3.05, 3.63) is 18.3 Å². The van der Waals surface area contributed by atoms with E-state index in [-0.39, 0.29) is 11.3 Å². The van der Waals surface area contributed by atoms with Gasteiger partial charge in [0.1, 0.15) is 0 Å². The number of amides is 1. The standard InChI is InChI=1S/C15H22N4O/c1-11-9-18(8-7-16-11)13-12(5-4-6-17-13)19-10-15(2,3)14(19)20/h4-6,11,16H,7-10H2,1-3H3/t11-/m1/s1. The molecule has 1 atom stereocenters. The Morgan fingerprint density at radius 1 is 1.45 bits per heavy atom. The predicted octanol–water partition coefficient (Wildman–Crippen LogP) is 1.25. The van der Waals surface area contributed by atoms with E-state index in [1.807, 2.05) is 30.9 Å². The van der Waals surface area contributed by atoms with Crippen LogP contribution in [0.2, 0.25) is 0 Å². The Hall–Kier alpha value is -1.62. The molecule has 108 valence electrons. The summed E-state index contributed by atoms with van der Waals surface area (Å²) in [6.45, 7) is 9.74. The van der Waals surface area contributed by atoms with Crippen LogP contribution >= 0.6 is 0 Å². The molecule has 0 saturated carbocycles.